The number of anilines is 1. The summed E-state index contributed by atoms with van der Waals surface area (Å²) in [6.45, 7) is 0.634. The van der Waals surface area contributed by atoms with Gasteiger partial charge in [-0.25, -0.2) is 21.2 Å². The van der Waals surface area contributed by atoms with Crippen LogP contribution < -0.4 is 4.90 Å². The van der Waals surface area contributed by atoms with E-state index in [0.717, 1.165) is 4.31 Å². The molecule has 0 unspecified atom stereocenters. The van der Waals surface area contributed by atoms with Crippen LogP contribution in [0.5, 0.6) is 0 Å². The van der Waals surface area contributed by atoms with E-state index in [0.29, 0.717) is 18.8 Å². The zero-order chi connectivity index (χ0) is 27.6. The second kappa shape index (κ2) is 11.0. The van der Waals surface area contributed by atoms with E-state index in [1.165, 1.54) is 39.5 Å². The van der Waals surface area contributed by atoms with Crippen LogP contribution in [0.2, 0.25) is 0 Å². The molecule has 0 N–H and O–H groups in total. The molecule has 2 aliphatic rings. The highest BCUT2D eigenvalue weighted by molar-refractivity contribution is 7.89. The van der Waals surface area contributed by atoms with Gasteiger partial charge >= 0.3 is 0 Å². The molecule has 0 saturated carbocycles. The summed E-state index contributed by atoms with van der Waals surface area (Å²) in [5.74, 6) is -0.831. The van der Waals surface area contributed by atoms with E-state index in [-0.39, 0.29) is 48.3 Å². The van der Waals surface area contributed by atoms with Crippen molar-refractivity contribution >= 4 is 31.6 Å². The van der Waals surface area contributed by atoms with Crippen LogP contribution >= 0.6 is 0 Å². The summed E-state index contributed by atoms with van der Waals surface area (Å²) in [6.07, 6.45) is 0. The molecule has 5 rings (SSSR count). The molecule has 2 heterocycles. The quantitative estimate of drug-likeness (QED) is 0.450. The van der Waals surface area contributed by atoms with E-state index in [1.807, 2.05) is 4.90 Å². The minimum atomic E-state index is -4.08. The third-order valence-electron chi connectivity index (χ3n) is 7.09. The molecule has 2 aliphatic heterocycles. The molecule has 0 spiro atoms. The lowest BCUT2D eigenvalue weighted by atomic mass is 10.1. The summed E-state index contributed by atoms with van der Waals surface area (Å²) >= 11 is 0. The summed E-state index contributed by atoms with van der Waals surface area (Å²) in [7, 11) is -8.03. The fraction of sp³-hybridized carbons (Fsp3) is 0.296. The van der Waals surface area contributed by atoms with Crippen LogP contribution in [0.1, 0.15) is 0 Å². The summed E-state index contributed by atoms with van der Waals surface area (Å²) < 4.78 is 70.6. The number of hydrogen-bond donors (Lipinski definition) is 0. The van der Waals surface area contributed by atoms with Crippen molar-refractivity contribution in [3.63, 3.8) is 0 Å². The highest BCUT2D eigenvalue weighted by Gasteiger charge is 2.45. The number of hydrogen-bond acceptors (Lipinski definition) is 6. The van der Waals surface area contributed by atoms with Crippen LogP contribution in [-0.4, -0.2) is 88.1 Å². The summed E-state index contributed by atoms with van der Waals surface area (Å²) in [5, 5.41) is 0. The number of piperazine rings is 2. The lowest BCUT2D eigenvalue weighted by molar-refractivity contribution is -0.136. The highest BCUT2D eigenvalue weighted by atomic mass is 32.2. The van der Waals surface area contributed by atoms with Crippen LogP contribution in [0.4, 0.5) is 10.1 Å². The minimum absolute atomic E-state index is 0.0338. The maximum atomic E-state index is 14.3. The number of amides is 1. The number of sulfonamides is 2. The Morgan fingerprint density at radius 3 is 1.79 bits per heavy atom. The van der Waals surface area contributed by atoms with E-state index < -0.39 is 32.0 Å². The van der Waals surface area contributed by atoms with Crippen molar-refractivity contribution in [1.29, 1.82) is 0 Å². The summed E-state index contributed by atoms with van der Waals surface area (Å²) in [6, 6.07) is 20.8. The lowest BCUT2D eigenvalue weighted by Gasteiger charge is -2.43. The van der Waals surface area contributed by atoms with Crippen molar-refractivity contribution in [2.45, 2.75) is 15.8 Å². The number of benzene rings is 3. The van der Waals surface area contributed by atoms with Crippen molar-refractivity contribution < 1.29 is 26.0 Å². The zero-order valence-electron chi connectivity index (χ0n) is 21.1. The average molecular weight is 573 g/mol. The predicted molar refractivity (Wildman–Crippen MR) is 145 cm³/mol. The SMILES string of the molecule is O=C([C@@H]1CN(S(=O)(=O)c2ccccc2)CCN1S(=O)(=O)c1ccccc1)N1CCN(c2ccccc2F)CC1. The molecule has 9 nitrogen and oxygen atoms in total. The number of carbonyl (C=O) groups is 1. The van der Waals surface area contributed by atoms with Gasteiger partial charge in [0.25, 0.3) is 0 Å². The molecule has 2 saturated heterocycles. The Morgan fingerprint density at radius 2 is 1.21 bits per heavy atom. The van der Waals surface area contributed by atoms with Crippen molar-refractivity contribution in [3.8, 4) is 0 Å². The molecule has 1 amide bonds. The van der Waals surface area contributed by atoms with Gasteiger partial charge in [-0.15, -0.1) is 0 Å². The standard InChI is InChI=1S/C27H29FN4O5S2/c28-24-13-7-8-14-25(24)29-15-17-30(18-16-29)27(33)26-21-31(38(34,35)22-9-3-1-4-10-22)19-20-32(26)39(36,37)23-11-5-2-6-12-23/h1-14,26H,15-21H2/t26-/m0/s1. The molecule has 2 fully saturated rings. The maximum absolute atomic E-state index is 14.3. The van der Waals surface area contributed by atoms with Crippen molar-refractivity contribution in [1.82, 2.24) is 13.5 Å². The first-order valence-electron chi connectivity index (χ1n) is 12.6. The Labute approximate surface area is 228 Å². The lowest BCUT2D eigenvalue weighted by Crippen LogP contribution is -2.63. The second-order valence-corrected chi connectivity index (χ2v) is 13.2. The molecular weight excluding hydrogens is 543 g/mol. The number of para-hydroxylation sites is 1. The largest absolute Gasteiger partial charge is 0.366 e. The van der Waals surface area contributed by atoms with E-state index >= 15 is 0 Å². The van der Waals surface area contributed by atoms with Crippen LogP contribution in [0, 0.1) is 5.82 Å². The van der Waals surface area contributed by atoms with Crippen LogP contribution in [-0.2, 0) is 24.8 Å². The van der Waals surface area contributed by atoms with Crippen LogP contribution in [0.3, 0.4) is 0 Å². The maximum Gasteiger partial charge on any atom is 0.243 e. The molecule has 3 aromatic carbocycles. The van der Waals surface area contributed by atoms with Crippen LogP contribution in [0.25, 0.3) is 0 Å². The molecule has 12 heteroatoms. The Bertz CT molecular complexity index is 1530. The molecule has 1 atom stereocenters. The number of rotatable bonds is 6. The van der Waals surface area contributed by atoms with E-state index in [4.69, 9.17) is 0 Å². The van der Waals surface area contributed by atoms with E-state index in [1.54, 1.807) is 54.6 Å². The molecule has 206 valence electrons. The first-order chi connectivity index (χ1) is 18.7. The normalized spacial score (nSPS) is 19.7. The fourth-order valence-electron chi connectivity index (χ4n) is 5.00. The van der Waals surface area contributed by atoms with Crippen molar-refractivity contribution in [3.05, 3.63) is 90.7 Å². The molecule has 0 aromatic heterocycles. The van der Waals surface area contributed by atoms with Gasteiger partial charge in [0.05, 0.1) is 15.5 Å². The van der Waals surface area contributed by atoms with Gasteiger partial charge in [-0.3, -0.25) is 4.79 Å². The minimum Gasteiger partial charge on any atom is -0.366 e. The second-order valence-electron chi connectivity index (χ2n) is 9.38. The van der Waals surface area contributed by atoms with E-state index in [9.17, 15) is 26.0 Å². The van der Waals surface area contributed by atoms with Gasteiger partial charge in [-0.05, 0) is 36.4 Å². The molecular formula is C27H29FN4O5S2. The smallest absolute Gasteiger partial charge is 0.243 e. The monoisotopic (exact) mass is 572 g/mol. The molecule has 3 aromatic rings. The van der Waals surface area contributed by atoms with Gasteiger partial charge in [0, 0.05) is 45.8 Å². The number of nitrogens with zero attached hydrogens (tertiary/aromatic N) is 4. The van der Waals surface area contributed by atoms with Gasteiger partial charge < -0.3 is 9.80 Å². The third-order valence-corrected chi connectivity index (χ3v) is 10.9. The Hall–Kier alpha value is -3.32. The predicted octanol–water partition coefficient (Wildman–Crippen LogP) is 2.24. The van der Waals surface area contributed by atoms with Gasteiger partial charge in [-0.2, -0.15) is 8.61 Å². The third kappa shape index (κ3) is 5.42. The van der Waals surface area contributed by atoms with Crippen molar-refractivity contribution in [2.75, 3.05) is 50.7 Å². The average Bonchev–Trinajstić information content (AvgIpc) is 2.98. The molecule has 39 heavy (non-hydrogen) atoms. The van der Waals surface area contributed by atoms with Gasteiger partial charge in [-0.1, -0.05) is 48.5 Å². The number of carbonyl (C=O) groups excluding carboxylic acids is 1. The Kier molecular flexibility index (Phi) is 7.72. The summed E-state index contributed by atoms with van der Waals surface area (Å²) in [5.41, 5.74) is 0.440. The molecule has 0 bridgehead atoms. The van der Waals surface area contributed by atoms with Gasteiger partial charge in [0.15, 0.2) is 0 Å². The Morgan fingerprint density at radius 1 is 0.667 bits per heavy atom. The summed E-state index contributed by atoms with van der Waals surface area (Å²) in [4.78, 5) is 17.4. The first-order valence-corrected chi connectivity index (χ1v) is 15.5. The van der Waals surface area contributed by atoms with Crippen LogP contribution in [0.15, 0.2) is 94.7 Å². The van der Waals surface area contributed by atoms with Gasteiger partial charge in [0.2, 0.25) is 26.0 Å². The topological polar surface area (TPSA) is 98.3 Å². The highest BCUT2D eigenvalue weighted by Crippen LogP contribution is 2.27. The molecule has 0 radical (unpaired) electrons. The first kappa shape index (κ1) is 27.3. The number of halogens is 1. The Balaban J connectivity index is 1.41. The van der Waals surface area contributed by atoms with Gasteiger partial charge in [0.1, 0.15) is 11.9 Å². The van der Waals surface area contributed by atoms with Crippen molar-refractivity contribution in [2.24, 2.45) is 0 Å². The van der Waals surface area contributed by atoms with E-state index in [2.05, 4.69) is 0 Å². The zero-order valence-corrected chi connectivity index (χ0v) is 22.8. The fourth-order valence-corrected chi connectivity index (χ4v) is 8.05. The molecule has 0 aliphatic carbocycles.